The molecule has 3 aromatic rings. The van der Waals surface area contributed by atoms with E-state index in [2.05, 4.69) is 5.10 Å². The second-order valence-corrected chi connectivity index (χ2v) is 6.94. The lowest BCUT2D eigenvalue weighted by Gasteiger charge is -2.06. The third-order valence-corrected chi connectivity index (χ3v) is 4.76. The summed E-state index contributed by atoms with van der Waals surface area (Å²) < 4.78 is 17.4. The molecule has 0 saturated carbocycles. The van der Waals surface area contributed by atoms with Gasteiger partial charge in [0.2, 0.25) is 0 Å². The van der Waals surface area contributed by atoms with Crippen molar-refractivity contribution in [2.75, 3.05) is 7.11 Å². The quantitative estimate of drug-likeness (QED) is 0.588. The van der Waals surface area contributed by atoms with E-state index in [9.17, 15) is 9.59 Å². The molecule has 0 aliphatic rings. The summed E-state index contributed by atoms with van der Waals surface area (Å²) in [4.78, 5) is 24.3. The highest BCUT2D eigenvalue weighted by Crippen LogP contribution is 2.20. The van der Waals surface area contributed by atoms with Crippen molar-refractivity contribution < 1.29 is 23.5 Å². The maximum Gasteiger partial charge on any atom is 0.342 e. The number of rotatable bonds is 6. The molecule has 0 bridgehead atoms. The van der Waals surface area contributed by atoms with Gasteiger partial charge in [0.25, 0.3) is 0 Å². The zero-order chi connectivity index (χ0) is 21.1. The molecule has 0 aliphatic carbocycles. The Morgan fingerprint density at radius 2 is 1.76 bits per heavy atom. The number of hydrogen-bond donors (Lipinski definition) is 0. The zero-order valence-corrected chi connectivity index (χ0v) is 17.2. The van der Waals surface area contributed by atoms with Crippen LogP contribution in [0.5, 0.6) is 0 Å². The van der Waals surface area contributed by atoms with Gasteiger partial charge in [0.15, 0.2) is 0 Å². The maximum absolute atomic E-state index is 12.6. The summed E-state index contributed by atoms with van der Waals surface area (Å²) in [6.07, 6.45) is 0. The standard InChI is InChI=1S/C22H24N2O5/c1-13-6-8-17(9-7-13)11-24-15(3)20(14(2)23-24)22(26)28-12-18-10-19(16(4)29-18)21(25)27-5/h6-10H,11-12H2,1-5H3. The molecule has 0 unspecified atom stereocenters. The molecule has 0 amide bonds. The van der Waals surface area contributed by atoms with E-state index in [1.807, 2.05) is 38.1 Å². The molecule has 0 radical (unpaired) electrons. The first-order chi connectivity index (χ1) is 13.8. The minimum Gasteiger partial charge on any atom is -0.465 e. The summed E-state index contributed by atoms with van der Waals surface area (Å²) >= 11 is 0. The molecule has 7 nitrogen and oxygen atoms in total. The molecule has 29 heavy (non-hydrogen) atoms. The van der Waals surface area contributed by atoms with Crippen LogP contribution in [0.1, 0.15) is 54.8 Å². The topological polar surface area (TPSA) is 83.6 Å². The van der Waals surface area contributed by atoms with Gasteiger partial charge in [-0.25, -0.2) is 9.59 Å². The molecule has 1 aromatic carbocycles. The van der Waals surface area contributed by atoms with Gasteiger partial charge in [-0.1, -0.05) is 29.8 Å². The summed E-state index contributed by atoms with van der Waals surface area (Å²) in [6.45, 7) is 7.80. The number of hydrogen-bond acceptors (Lipinski definition) is 6. The first kappa shape index (κ1) is 20.4. The highest BCUT2D eigenvalue weighted by molar-refractivity contribution is 5.92. The number of carbonyl (C=O) groups is 2. The van der Waals surface area contributed by atoms with E-state index < -0.39 is 11.9 Å². The fraction of sp³-hybridized carbons (Fsp3) is 0.318. The van der Waals surface area contributed by atoms with E-state index in [0.29, 0.717) is 34.9 Å². The van der Waals surface area contributed by atoms with Crippen molar-refractivity contribution in [3.63, 3.8) is 0 Å². The molecular weight excluding hydrogens is 372 g/mol. The molecule has 0 fully saturated rings. The summed E-state index contributed by atoms with van der Waals surface area (Å²) in [6, 6.07) is 9.70. The van der Waals surface area contributed by atoms with Gasteiger partial charge < -0.3 is 13.9 Å². The van der Waals surface area contributed by atoms with Crippen LogP contribution in [-0.4, -0.2) is 28.8 Å². The summed E-state index contributed by atoms with van der Waals surface area (Å²) in [7, 11) is 1.30. The number of methoxy groups -OCH3 is 1. The first-order valence-electron chi connectivity index (χ1n) is 9.24. The van der Waals surface area contributed by atoms with Gasteiger partial charge in [0.1, 0.15) is 29.3 Å². The van der Waals surface area contributed by atoms with Crippen molar-refractivity contribution in [2.24, 2.45) is 0 Å². The predicted octanol–water partition coefficient (Wildman–Crippen LogP) is 3.90. The van der Waals surface area contributed by atoms with E-state index in [0.717, 1.165) is 11.3 Å². The number of esters is 2. The van der Waals surface area contributed by atoms with Crippen LogP contribution in [0.25, 0.3) is 0 Å². The summed E-state index contributed by atoms with van der Waals surface area (Å²) in [5.41, 5.74) is 4.38. The fourth-order valence-electron chi connectivity index (χ4n) is 3.15. The van der Waals surface area contributed by atoms with Crippen molar-refractivity contribution in [1.82, 2.24) is 9.78 Å². The third kappa shape index (κ3) is 4.39. The van der Waals surface area contributed by atoms with Gasteiger partial charge in [-0.2, -0.15) is 5.10 Å². The second kappa shape index (κ2) is 8.34. The molecule has 0 atom stereocenters. The predicted molar refractivity (Wildman–Crippen MR) is 106 cm³/mol. The SMILES string of the molecule is COC(=O)c1cc(COC(=O)c2c(C)nn(Cc3ccc(C)cc3)c2C)oc1C. The lowest BCUT2D eigenvalue weighted by Crippen LogP contribution is -2.09. The second-order valence-electron chi connectivity index (χ2n) is 6.94. The van der Waals surface area contributed by atoms with Crippen LogP contribution in [-0.2, 0) is 22.6 Å². The smallest absolute Gasteiger partial charge is 0.342 e. The average molecular weight is 396 g/mol. The van der Waals surface area contributed by atoms with Gasteiger partial charge >= 0.3 is 11.9 Å². The van der Waals surface area contributed by atoms with Gasteiger partial charge in [-0.3, -0.25) is 4.68 Å². The summed E-state index contributed by atoms with van der Waals surface area (Å²) in [5.74, 6) is -0.184. The van der Waals surface area contributed by atoms with E-state index in [1.165, 1.54) is 18.7 Å². The Balaban J connectivity index is 1.72. The van der Waals surface area contributed by atoms with Gasteiger partial charge in [-0.15, -0.1) is 0 Å². The van der Waals surface area contributed by atoms with Crippen molar-refractivity contribution in [3.8, 4) is 0 Å². The molecule has 2 heterocycles. The number of ether oxygens (including phenoxy) is 2. The van der Waals surface area contributed by atoms with Gasteiger partial charge in [0.05, 0.1) is 25.0 Å². The molecule has 7 heteroatoms. The van der Waals surface area contributed by atoms with Crippen LogP contribution in [0.4, 0.5) is 0 Å². The van der Waals surface area contributed by atoms with Crippen molar-refractivity contribution >= 4 is 11.9 Å². The lowest BCUT2D eigenvalue weighted by molar-refractivity contribution is 0.0442. The normalized spacial score (nSPS) is 10.8. The summed E-state index contributed by atoms with van der Waals surface area (Å²) in [5, 5.41) is 4.49. The zero-order valence-electron chi connectivity index (χ0n) is 17.2. The number of benzene rings is 1. The van der Waals surface area contributed by atoms with Crippen LogP contribution in [0, 0.1) is 27.7 Å². The Morgan fingerprint density at radius 3 is 2.41 bits per heavy atom. The van der Waals surface area contributed by atoms with E-state index in [4.69, 9.17) is 13.9 Å². The molecule has 3 rings (SSSR count). The molecule has 2 aromatic heterocycles. The Hall–Kier alpha value is -3.35. The monoisotopic (exact) mass is 396 g/mol. The van der Waals surface area contributed by atoms with Crippen LogP contribution in [0.3, 0.4) is 0 Å². The maximum atomic E-state index is 12.6. The molecule has 152 valence electrons. The fourth-order valence-corrected chi connectivity index (χ4v) is 3.15. The van der Waals surface area contributed by atoms with Gasteiger partial charge in [0, 0.05) is 0 Å². The minimum atomic E-state index is -0.493. The highest BCUT2D eigenvalue weighted by Gasteiger charge is 2.22. The van der Waals surface area contributed by atoms with Crippen molar-refractivity contribution in [1.29, 1.82) is 0 Å². The van der Waals surface area contributed by atoms with Crippen molar-refractivity contribution in [3.05, 3.63) is 75.5 Å². The molecular formula is C22H24N2O5. The first-order valence-corrected chi connectivity index (χ1v) is 9.24. The van der Waals surface area contributed by atoms with E-state index in [-0.39, 0.29) is 6.61 Å². The molecule has 0 N–H and O–H groups in total. The largest absolute Gasteiger partial charge is 0.465 e. The third-order valence-electron chi connectivity index (χ3n) is 4.76. The number of carbonyl (C=O) groups excluding carboxylic acids is 2. The number of aromatic nitrogens is 2. The number of aryl methyl sites for hydroxylation is 3. The minimum absolute atomic E-state index is 0.0846. The Morgan fingerprint density at radius 1 is 1.07 bits per heavy atom. The number of furan rings is 1. The lowest BCUT2D eigenvalue weighted by atomic mass is 10.1. The Kier molecular flexibility index (Phi) is 5.87. The van der Waals surface area contributed by atoms with Crippen molar-refractivity contribution in [2.45, 2.75) is 40.8 Å². The van der Waals surface area contributed by atoms with E-state index >= 15 is 0 Å². The van der Waals surface area contributed by atoms with Crippen LogP contribution in [0.2, 0.25) is 0 Å². The Bertz CT molecular complexity index is 1040. The molecule has 0 spiro atoms. The van der Waals surface area contributed by atoms with Gasteiger partial charge in [-0.05, 0) is 39.3 Å². The van der Waals surface area contributed by atoms with Crippen LogP contribution < -0.4 is 0 Å². The average Bonchev–Trinajstić information content (AvgIpc) is 3.20. The number of nitrogens with zero attached hydrogens (tertiary/aromatic N) is 2. The molecule has 0 saturated heterocycles. The van der Waals surface area contributed by atoms with Crippen LogP contribution >= 0.6 is 0 Å². The van der Waals surface area contributed by atoms with E-state index in [1.54, 1.807) is 18.5 Å². The van der Waals surface area contributed by atoms with Crippen LogP contribution in [0.15, 0.2) is 34.7 Å². The molecule has 0 aliphatic heterocycles. The highest BCUT2D eigenvalue weighted by atomic mass is 16.5. The Labute approximate surface area is 169 Å².